The van der Waals surface area contributed by atoms with Gasteiger partial charge < -0.3 is 14.3 Å². The lowest BCUT2D eigenvalue weighted by Gasteiger charge is -2.12. The van der Waals surface area contributed by atoms with Crippen molar-refractivity contribution in [1.82, 2.24) is 4.90 Å². The Balaban J connectivity index is 1.81. The van der Waals surface area contributed by atoms with Gasteiger partial charge in [0.1, 0.15) is 15.8 Å². The molecule has 1 amide bonds. The molecule has 2 aromatic rings. The average Bonchev–Trinajstić information content (AvgIpc) is 3.18. The summed E-state index contributed by atoms with van der Waals surface area (Å²) in [6.45, 7) is -0.184. The number of aliphatic carboxylic acids is 1. The lowest BCUT2D eigenvalue weighted by molar-refractivity contribution is -0.139. The molecule has 128 valence electrons. The molecule has 25 heavy (non-hydrogen) atoms. The molecule has 0 aliphatic carbocycles. The van der Waals surface area contributed by atoms with E-state index in [0.717, 1.165) is 0 Å². The molecule has 6 nitrogen and oxygen atoms in total. The first kappa shape index (κ1) is 17.2. The SMILES string of the molecule is O=C(O)COc1ccccc1/C=C1/SC(=S)N(Cc2ccco2)C1=O. The molecule has 1 aliphatic rings. The van der Waals surface area contributed by atoms with Gasteiger partial charge in [-0.2, -0.15) is 0 Å². The van der Waals surface area contributed by atoms with Crippen LogP contribution in [0.15, 0.2) is 52.0 Å². The summed E-state index contributed by atoms with van der Waals surface area (Å²) in [7, 11) is 0. The third-order valence-corrected chi connectivity index (χ3v) is 4.70. The van der Waals surface area contributed by atoms with Crippen molar-refractivity contribution in [3.05, 3.63) is 58.9 Å². The van der Waals surface area contributed by atoms with E-state index >= 15 is 0 Å². The van der Waals surface area contributed by atoms with E-state index in [4.69, 9.17) is 26.5 Å². The van der Waals surface area contributed by atoms with E-state index < -0.39 is 12.6 Å². The molecule has 0 spiro atoms. The standard InChI is InChI=1S/C17H13NO5S2/c19-15(20)10-23-13-6-2-1-4-11(13)8-14-16(21)18(17(24)25-14)9-12-5-3-7-22-12/h1-8H,9-10H2,(H,19,20)/b14-8+. The maximum atomic E-state index is 12.6. The number of thioether (sulfide) groups is 1. The second-order valence-electron chi connectivity index (χ2n) is 5.07. The number of furan rings is 1. The molecule has 1 N–H and O–H groups in total. The van der Waals surface area contributed by atoms with Crippen LogP contribution in [-0.4, -0.2) is 32.8 Å². The third-order valence-electron chi connectivity index (χ3n) is 3.32. The highest BCUT2D eigenvalue weighted by atomic mass is 32.2. The normalized spacial score (nSPS) is 15.8. The summed E-state index contributed by atoms with van der Waals surface area (Å²) in [5.41, 5.74) is 0.613. The molecular weight excluding hydrogens is 362 g/mol. The van der Waals surface area contributed by atoms with Crippen LogP contribution in [0.5, 0.6) is 5.75 Å². The predicted molar refractivity (Wildman–Crippen MR) is 97.0 cm³/mol. The lowest BCUT2D eigenvalue weighted by Crippen LogP contribution is -2.27. The van der Waals surface area contributed by atoms with E-state index in [1.54, 1.807) is 48.7 Å². The molecule has 0 radical (unpaired) electrons. The van der Waals surface area contributed by atoms with Gasteiger partial charge in [-0.1, -0.05) is 42.2 Å². The fourth-order valence-electron chi connectivity index (χ4n) is 2.21. The number of ether oxygens (including phenoxy) is 1. The van der Waals surface area contributed by atoms with E-state index in [1.165, 1.54) is 16.7 Å². The molecule has 0 saturated carbocycles. The number of carbonyl (C=O) groups excluding carboxylic acids is 1. The van der Waals surface area contributed by atoms with Crippen LogP contribution >= 0.6 is 24.0 Å². The smallest absolute Gasteiger partial charge is 0.341 e. The van der Waals surface area contributed by atoms with Gasteiger partial charge in [0, 0.05) is 5.56 Å². The first-order valence-electron chi connectivity index (χ1n) is 7.26. The van der Waals surface area contributed by atoms with Crippen molar-refractivity contribution < 1.29 is 23.8 Å². The molecule has 1 fully saturated rings. The highest BCUT2D eigenvalue weighted by Crippen LogP contribution is 2.35. The predicted octanol–water partition coefficient (Wildman–Crippen LogP) is 3.14. The average molecular weight is 375 g/mol. The number of carboxylic acids is 1. The number of benzene rings is 1. The van der Waals surface area contributed by atoms with Crippen molar-refractivity contribution in [2.45, 2.75) is 6.54 Å². The van der Waals surface area contributed by atoms with Gasteiger partial charge >= 0.3 is 5.97 Å². The minimum Gasteiger partial charge on any atom is -0.481 e. The van der Waals surface area contributed by atoms with Crippen LogP contribution in [0.4, 0.5) is 0 Å². The second kappa shape index (κ2) is 7.54. The van der Waals surface area contributed by atoms with Crippen LogP contribution in [0.25, 0.3) is 6.08 Å². The van der Waals surface area contributed by atoms with Gasteiger partial charge in [-0.25, -0.2) is 4.79 Å². The number of rotatable bonds is 6. The summed E-state index contributed by atoms with van der Waals surface area (Å²) in [4.78, 5) is 25.2. The summed E-state index contributed by atoms with van der Waals surface area (Å²) in [6, 6.07) is 10.4. The first-order valence-corrected chi connectivity index (χ1v) is 8.48. The van der Waals surface area contributed by atoms with Crippen LogP contribution in [0.2, 0.25) is 0 Å². The largest absolute Gasteiger partial charge is 0.481 e. The summed E-state index contributed by atoms with van der Waals surface area (Å²) in [5.74, 6) is -0.261. The highest BCUT2D eigenvalue weighted by molar-refractivity contribution is 8.26. The van der Waals surface area contributed by atoms with Gasteiger partial charge in [-0.3, -0.25) is 9.69 Å². The lowest BCUT2D eigenvalue weighted by atomic mass is 10.2. The zero-order valence-corrected chi connectivity index (χ0v) is 14.5. The molecule has 1 aliphatic heterocycles. The third kappa shape index (κ3) is 4.09. The van der Waals surface area contributed by atoms with Crippen molar-refractivity contribution >= 4 is 46.3 Å². The van der Waals surface area contributed by atoms with Gasteiger partial charge in [0.15, 0.2) is 6.61 Å². The number of hydrogen-bond donors (Lipinski definition) is 1. The highest BCUT2D eigenvalue weighted by Gasteiger charge is 2.32. The maximum Gasteiger partial charge on any atom is 0.341 e. The van der Waals surface area contributed by atoms with E-state index in [0.29, 0.717) is 26.3 Å². The van der Waals surface area contributed by atoms with E-state index in [-0.39, 0.29) is 12.5 Å². The van der Waals surface area contributed by atoms with Crippen LogP contribution in [0.1, 0.15) is 11.3 Å². The summed E-state index contributed by atoms with van der Waals surface area (Å²) < 4.78 is 11.0. The molecule has 8 heteroatoms. The Bertz CT molecular complexity index is 844. The Kier molecular flexibility index (Phi) is 5.20. The molecule has 1 aromatic heterocycles. The van der Waals surface area contributed by atoms with Crippen molar-refractivity contribution in [3.8, 4) is 5.75 Å². The van der Waals surface area contributed by atoms with Crippen LogP contribution in [0.3, 0.4) is 0 Å². The fourth-order valence-corrected chi connectivity index (χ4v) is 3.45. The van der Waals surface area contributed by atoms with Gasteiger partial charge in [0.25, 0.3) is 5.91 Å². The Morgan fingerprint density at radius 3 is 2.84 bits per heavy atom. The van der Waals surface area contributed by atoms with E-state index in [2.05, 4.69) is 0 Å². The maximum absolute atomic E-state index is 12.6. The molecule has 0 bridgehead atoms. The zero-order chi connectivity index (χ0) is 17.8. The van der Waals surface area contributed by atoms with Crippen LogP contribution < -0.4 is 4.74 Å². The Morgan fingerprint density at radius 1 is 1.32 bits per heavy atom. The second-order valence-corrected chi connectivity index (χ2v) is 6.74. The number of carbonyl (C=O) groups is 2. The van der Waals surface area contributed by atoms with Crippen molar-refractivity contribution in [2.75, 3.05) is 6.61 Å². The summed E-state index contributed by atoms with van der Waals surface area (Å²) in [5, 5.41) is 8.75. The van der Waals surface area contributed by atoms with Crippen molar-refractivity contribution in [3.63, 3.8) is 0 Å². The van der Waals surface area contributed by atoms with Crippen LogP contribution in [0, 0.1) is 0 Å². The summed E-state index contributed by atoms with van der Waals surface area (Å²) in [6.07, 6.45) is 3.19. The number of nitrogens with zero attached hydrogens (tertiary/aromatic N) is 1. The van der Waals surface area contributed by atoms with Crippen molar-refractivity contribution in [1.29, 1.82) is 0 Å². The molecule has 1 saturated heterocycles. The number of carboxylic acid groups (broad SMARTS) is 1. The van der Waals surface area contributed by atoms with E-state index in [9.17, 15) is 9.59 Å². The Morgan fingerprint density at radius 2 is 2.12 bits per heavy atom. The van der Waals surface area contributed by atoms with Crippen molar-refractivity contribution in [2.24, 2.45) is 0 Å². The first-order chi connectivity index (χ1) is 12.0. The molecular formula is C17H13NO5S2. The summed E-state index contributed by atoms with van der Waals surface area (Å²) >= 11 is 6.47. The topological polar surface area (TPSA) is 80.0 Å². The van der Waals surface area contributed by atoms with Gasteiger partial charge in [0.2, 0.25) is 0 Å². The number of para-hydroxylation sites is 1. The van der Waals surface area contributed by atoms with Crippen LogP contribution in [-0.2, 0) is 16.1 Å². The Hall–Kier alpha value is -2.58. The van der Waals surface area contributed by atoms with Gasteiger partial charge in [-0.15, -0.1) is 0 Å². The molecule has 1 aromatic carbocycles. The minimum absolute atomic E-state index is 0.223. The number of thiocarbonyl (C=S) groups is 1. The van der Waals surface area contributed by atoms with Gasteiger partial charge in [-0.05, 0) is 24.3 Å². The number of hydrogen-bond acceptors (Lipinski definition) is 6. The quantitative estimate of drug-likeness (QED) is 0.614. The molecule has 3 rings (SSSR count). The van der Waals surface area contributed by atoms with Gasteiger partial charge in [0.05, 0.1) is 17.7 Å². The minimum atomic E-state index is -1.07. The molecule has 2 heterocycles. The Labute approximate surface area is 153 Å². The zero-order valence-electron chi connectivity index (χ0n) is 12.9. The fraction of sp³-hybridized carbons (Fsp3) is 0.118. The van der Waals surface area contributed by atoms with E-state index in [1.807, 2.05) is 0 Å². The molecule has 0 atom stereocenters. The molecule has 0 unspecified atom stereocenters. The monoisotopic (exact) mass is 375 g/mol. The number of amides is 1.